The van der Waals surface area contributed by atoms with Crippen LogP contribution in [0.1, 0.15) is 38.9 Å². The van der Waals surface area contributed by atoms with Crippen LogP contribution < -0.4 is 0 Å². The van der Waals surface area contributed by atoms with E-state index in [-0.39, 0.29) is 28.6 Å². The van der Waals surface area contributed by atoms with E-state index in [0.717, 1.165) is 72.1 Å². The van der Waals surface area contributed by atoms with Gasteiger partial charge in [-0.15, -0.1) is 0 Å². The summed E-state index contributed by atoms with van der Waals surface area (Å²) in [7, 11) is 0. The molecule has 0 aliphatic heterocycles. The third-order valence-corrected chi connectivity index (χ3v) is 12.1. The lowest BCUT2D eigenvalue weighted by molar-refractivity contribution is -0.142. The maximum atomic E-state index is 15.3. The number of nitriles is 1. The van der Waals surface area contributed by atoms with Gasteiger partial charge < -0.3 is 9.13 Å². The zero-order chi connectivity index (χ0) is 44.8. The Labute approximate surface area is 364 Å². The third kappa shape index (κ3) is 6.78. The lowest BCUT2D eigenvalue weighted by Gasteiger charge is -2.22. The standard InChI is InChI=1S/C55H37F6N3/c1-31-19-32(2)22-37(21-31)35-13-17-50-44(25-35)42-9-5-7-11-48(42)63(50)52-29-46(41-16-15-40(54(56,57)58)28-47(41)55(59,60)61)53(27-39(52)30-62)64-49-12-8-6-10-43(49)45-26-36(14-18-51(45)64)38-23-33(3)20-34(4)24-38/h5-29H,1-4H3. The molecule has 3 nitrogen and oxygen atoms in total. The molecule has 64 heavy (non-hydrogen) atoms. The van der Waals surface area contributed by atoms with Crippen molar-refractivity contribution in [2.75, 3.05) is 0 Å². The van der Waals surface area contributed by atoms with Gasteiger partial charge in [-0.25, -0.2) is 0 Å². The van der Waals surface area contributed by atoms with Gasteiger partial charge in [0.1, 0.15) is 6.07 Å². The summed E-state index contributed by atoms with van der Waals surface area (Å²) in [5.74, 6) is 0. The number of nitrogens with zero attached hydrogens (tertiary/aromatic N) is 3. The first-order valence-electron chi connectivity index (χ1n) is 20.7. The molecule has 0 N–H and O–H groups in total. The minimum absolute atomic E-state index is 0.00567. The van der Waals surface area contributed by atoms with Crippen molar-refractivity contribution in [2.45, 2.75) is 40.0 Å². The number of fused-ring (bicyclic) bond motifs is 6. The van der Waals surface area contributed by atoms with E-state index in [2.05, 4.69) is 48.5 Å². The van der Waals surface area contributed by atoms with Gasteiger partial charge in [0.2, 0.25) is 0 Å². The van der Waals surface area contributed by atoms with Crippen LogP contribution in [0.15, 0.2) is 152 Å². The average Bonchev–Trinajstić information content (AvgIpc) is 3.76. The number of halogens is 6. The van der Waals surface area contributed by atoms with Crippen molar-refractivity contribution in [3.05, 3.63) is 191 Å². The molecular weight excluding hydrogens is 817 g/mol. The molecule has 0 aliphatic carbocycles. The molecule has 9 heteroatoms. The molecule has 2 heterocycles. The van der Waals surface area contributed by atoms with Crippen molar-refractivity contribution in [3.8, 4) is 50.8 Å². The normalized spacial score (nSPS) is 12.2. The number of benzene rings is 8. The van der Waals surface area contributed by atoms with E-state index in [1.807, 2.05) is 116 Å². The molecule has 8 aromatic carbocycles. The van der Waals surface area contributed by atoms with Gasteiger partial charge >= 0.3 is 12.4 Å². The van der Waals surface area contributed by atoms with Crippen LogP contribution in [-0.2, 0) is 12.4 Å². The highest BCUT2D eigenvalue weighted by molar-refractivity contribution is 6.12. The fourth-order valence-electron chi connectivity index (χ4n) is 9.55. The van der Waals surface area contributed by atoms with Crippen LogP contribution in [0.25, 0.3) is 88.4 Å². The van der Waals surface area contributed by atoms with Gasteiger partial charge in [0, 0.05) is 27.1 Å². The molecule has 0 atom stereocenters. The van der Waals surface area contributed by atoms with Crippen molar-refractivity contribution in [3.63, 3.8) is 0 Å². The van der Waals surface area contributed by atoms with Crippen molar-refractivity contribution in [1.82, 2.24) is 9.13 Å². The third-order valence-electron chi connectivity index (χ3n) is 12.1. The van der Waals surface area contributed by atoms with Gasteiger partial charge in [0.05, 0.1) is 50.1 Å². The molecular formula is C55H37F6N3. The second-order valence-electron chi connectivity index (χ2n) is 16.7. The van der Waals surface area contributed by atoms with Gasteiger partial charge in [-0.1, -0.05) is 113 Å². The zero-order valence-corrected chi connectivity index (χ0v) is 35.0. The minimum atomic E-state index is -5.18. The highest BCUT2D eigenvalue weighted by Crippen LogP contribution is 2.46. The van der Waals surface area contributed by atoms with Crippen LogP contribution >= 0.6 is 0 Å². The predicted molar refractivity (Wildman–Crippen MR) is 245 cm³/mol. The monoisotopic (exact) mass is 853 g/mol. The summed E-state index contributed by atoms with van der Waals surface area (Å²) in [6.45, 7) is 8.13. The summed E-state index contributed by atoms with van der Waals surface area (Å²) in [4.78, 5) is 0. The first kappa shape index (κ1) is 40.5. The summed E-state index contributed by atoms with van der Waals surface area (Å²) < 4.78 is 92.0. The number of hydrogen-bond acceptors (Lipinski definition) is 1. The molecule has 0 saturated heterocycles. The van der Waals surface area contributed by atoms with E-state index >= 15 is 13.2 Å². The Hall–Kier alpha value is -7.57. The summed E-state index contributed by atoms with van der Waals surface area (Å²) >= 11 is 0. The van der Waals surface area contributed by atoms with Gasteiger partial charge in [-0.05, 0) is 116 Å². The first-order chi connectivity index (χ1) is 30.6. The van der Waals surface area contributed by atoms with E-state index in [0.29, 0.717) is 28.1 Å². The molecule has 314 valence electrons. The smallest absolute Gasteiger partial charge is 0.309 e. The average molecular weight is 854 g/mol. The Morgan fingerprint density at radius 3 is 1.34 bits per heavy atom. The number of aryl methyl sites for hydroxylation is 4. The van der Waals surface area contributed by atoms with Crippen molar-refractivity contribution in [1.29, 1.82) is 5.26 Å². The van der Waals surface area contributed by atoms with Crippen LogP contribution in [0.4, 0.5) is 26.3 Å². The molecule has 2 aromatic heterocycles. The molecule has 0 unspecified atom stereocenters. The molecule has 0 fully saturated rings. The molecule has 10 aromatic rings. The number of rotatable bonds is 5. The first-order valence-corrected chi connectivity index (χ1v) is 20.7. The number of alkyl halides is 6. The Morgan fingerprint density at radius 1 is 0.406 bits per heavy atom. The largest absolute Gasteiger partial charge is 0.417 e. The zero-order valence-electron chi connectivity index (χ0n) is 35.0. The Bertz CT molecular complexity index is 3560. The van der Waals surface area contributed by atoms with Crippen LogP contribution in [-0.4, -0.2) is 9.13 Å². The number of hydrogen-bond donors (Lipinski definition) is 0. The Kier molecular flexibility index (Phi) is 9.35. The summed E-state index contributed by atoms with van der Waals surface area (Å²) in [6.07, 6.45) is -10.2. The number of para-hydroxylation sites is 2. The molecule has 0 aliphatic rings. The fraction of sp³-hybridized carbons (Fsp3) is 0.109. The van der Waals surface area contributed by atoms with Gasteiger partial charge in [-0.3, -0.25) is 0 Å². The fourth-order valence-corrected chi connectivity index (χ4v) is 9.55. The maximum absolute atomic E-state index is 15.3. The molecule has 10 rings (SSSR count). The predicted octanol–water partition coefficient (Wildman–Crippen LogP) is 16.0. The maximum Gasteiger partial charge on any atom is 0.417 e. The highest BCUT2D eigenvalue weighted by atomic mass is 19.4. The summed E-state index contributed by atoms with van der Waals surface area (Å²) in [6, 6.07) is 46.8. The minimum Gasteiger partial charge on any atom is -0.309 e. The molecule has 0 saturated carbocycles. The van der Waals surface area contributed by atoms with Gasteiger partial charge in [0.25, 0.3) is 0 Å². The SMILES string of the molecule is Cc1cc(C)cc(-c2ccc3c(c2)c2ccccc2n3-c2cc(-c3ccc(C(F)(F)F)cc3C(F)(F)F)c(-n3c4ccccc4c4cc(-c5cc(C)cc(C)c5)ccc43)cc2C#N)c1. The Morgan fingerprint density at radius 2 is 0.875 bits per heavy atom. The van der Waals surface area contributed by atoms with Crippen LogP contribution in [0.3, 0.4) is 0 Å². The second-order valence-corrected chi connectivity index (χ2v) is 16.7. The molecule has 0 bridgehead atoms. The van der Waals surface area contributed by atoms with Gasteiger partial charge in [0.15, 0.2) is 0 Å². The van der Waals surface area contributed by atoms with Crippen LogP contribution in [0.2, 0.25) is 0 Å². The van der Waals surface area contributed by atoms with E-state index in [9.17, 15) is 18.4 Å². The molecule has 0 spiro atoms. The van der Waals surface area contributed by atoms with Crippen LogP contribution in [0, 0.1) is 39.0 Å². The van der Waals surface area contributed by atoms with E-state index in [4.69, 9.17) is 0 Å². The van der Waals surface area contributed by atoms with Crippen molar-refractivity contribution in [2.24, 2.45) is 0 Å². The van der Waals surface area contributed by atoms with E-state index in [1.54, 1.807) is 6.07 Å². The number of aromatic nitrogens is 2. The lowest BCUT2D eigenvalue weighted by atomic mass is 9.93. The van der Waals surface area contributed by atoms with Crippen LogP contribution in [0.5, 0.6) is 0 Å². The van der Waals surface area contributed by atoms with Crippen molar-refractivity contribution >= 4 is 43.6 Å². The lowest BCUT2D eigenvalue weighted by Crippen LogP contribution is -2.13. The van der Waals surface area contributed by atoms with E-state index in [1.165, 1.54) is 6.07 Å². The van der Waals surface area contributed by atoms with E-state index < -0.39 is 29.0 Å². The topological polar surface area (TPSA) is 33.6 Å². The summed E-state index contributed by atoms with van der Waals surface area (Å²) in [5, 5.41) is 14.4. The summed E-state index contributed by atoms with van der Waals surface area (Å²) in [5.41, 5.74) is 8.29. The van der Waals surface area contributed by atoms with Gasteiger partial charge in [-0.2, -0.15) is 31.6 Å². The second kappa shape index (κ2) is 14.8. The highest BCUT2D eigenvalue weighted by Gasteiger charge is 2.39. The Balaban J connectivity index is 1.30. The van der Waals surface area contributed by atoms with Crippen molar-refractivity contribution < 1.29 is 26.3 Å². The molecule has 0 radical (unpaired) electrons. The molecule has 0 amide bonds. The quantitative estimate of drug-likeness (QED) is 0.159.